The van der Waals surface area contributed by atoms with Crippen molar-refractivity contribution in [2.24, 2.45) is 0 Å². The summed E-state index contributed by atoms with van der Waals surface area (Å²) in [7, 11) is 0. The number of hydrogen-bond donors (Lipinski definition) is 0. The first-order valence-corrected chi connectivity index (χ1v) is 8.65. The molecule has 0 aliphatic rings. The van der Waals surface area contributed by atoms with Gasteiger partial charge in [0, 0.05) is 11.1 Å². The number of Topliss-reactive ketones (excluding diaryl/α,β-unsaturated/α-hetero) is 2. The zero-order chi connectivity index (χ0) is 20.1. The smallest absolute Gasteiger partial charge is 0.233 e. The second kappa shape index (κ2) is 12.9. The van der Waals surface area contributed by atoms with Crippen LogP contribution >= 0.6 is 15.9 Å². The zero-order valence-electron chi connectivity index (χ0n) is 14.7. The van der Waals surface area contributed by atoms with Gasteiger partial charge in [-0.3, -0.25) is 9.59 Å². The molecule has 0 spiro atoms. The van der Waals surface area contributed by atoms with Crippen LogP contribution in [0.3, 0.4) is 0 Å². The Balaban J connectivity index is 0.00000146. The highest BCUT2D eigenvalue weighted by molar-refractivity contribution is 9.10. The molecule has 2 aromatic carbocycles. The highest BCUT2D eigenvalue weighted by Gasteiger charge is 2.19. The van der Waals surface area contributed by atoms with E-state index >= 15 is 0 Å². The summed E-state index contributed by atoms with van der Waals surface area (Å²) in [6.45, 7) is 9.31. The maximum Gasteiger partial charge on any atom is 0.233 e. The molecule has 140 valence electrons. The molecule has 0 fully saturated rings. The molecule has 0 amide bonds. The van der Waals surface area contributed by atoms with E-state index in [0.717, 1.165) is 6.07 Å². The molecule has 0 bridgehead atoms. The summed E-state index contributed by atoms with van der Waals surface area (Å²) in [5.74, 6) is -1.56. The maximum atomic E-state index is 13.1. The first-order valence-electron chi connectivity index (χ1n) is 7.86. The van der Waals surface area contributed by atoms with E-state index in [-0.39, 0.29) is 22.2 Å². The number of halogens is 3. The minimum Gasteiger partial charge on any atom is -0.491 e. The first kappa shape index (κ1) is 23.7. The lowest BCUT2D eigenvalue weighted by Crippen LogP contribution is -2.14. The average Bonchev–Trinajstić information content (AvgIpc) is 2.71. The van der Waals surface area contributed by atoms with Crippen molar-refractivity contribution < 1.29 is 23.1 Å². The first-order chi connectivity index (χ1) is 12.5. The minimum atomic E-state index is -0.738. The summed E-state index contributed by atoms with van der Waals surface area (Å²) in [6.07, 6.45) is 0. The van der Waals surface area contributed by atoms with Crippen LogP contribution in [0.5, 0.6) is 5.75 Å². The summed E-state index contributed by atoms with van der Waals surface area (Å²) in [4.78, 5) is 24.2. The highest BCUT2D eigenvalue weighted by Crippen LogP contribution is 2.19. The van der Waals surface area contributed by atoms with Crippen molar-refractivity contribution in [3.8, 4) is 5.75 Å². The van der Waals surface area contributed by atoms with Crippen LogP contribution in [0.2, 0.25) is 0 Å². The van der Waals surface area contributed by atoms with Gasteiger partial charge in [0.05, 0.1) is 4.47 Å². The van der Waals surface area contributed by atoms with Crippen LogP contribution in [0.25, 0.3) is 0 Å². The molecule has 0 atom stereocenters. The second-order valence-corrected chi connectivity index (χ2v) is 5.20. The molecule has 0 aromatic heterocycles. The molecule has 0 saturated carbocycles. The van der Waals surface area contributed by atoms with Crippen molar-refractivity contribution in [1.82, 2.24) is 0 Å². The van der Waals surface area contributed by atoms with E-state index in [1.165, 1.54) is 36.4 Å². The predicted molar refractivity (Wildman–Crippen MR) is 103 cm³/mol. The average molecular weight is 427 g/mol. The van der Waals surface area contributed by atoms with Gasteiger partial charge in [0.15, 0.2) is 0 Å². The number of carbonyl (C=O) groups is 2. The second-order valence-electron chi connectivity index (χ2n) is 4.35. The largest absolute Gasteiger partial charge is 0.491 e. The number of rotatable bonds is 6. The third-order valence-corrected chi connectivity index (χ3v) is 3.46. The van der Waals surface area contributed by atoms with E-state index in [1.54, 1.807) is 0 Å². The number of carbonyl (C=O) groups excluding carboxylic acids is 2. The fourth-order valence-electron chi connectivity index (χ4n) is 1.76. The van der Waals surface area contributed by atoms with Crippen LogP contribution in [0.4, 0.5) is 8.78 Å². The van der Waals surface area contributed by atoms with Crippen LogP contribution in [0.15, 0.2) is 60.1 Å². The Bertz CT molecular complexity index is 715. The Kier molecular flexibility index (Phi) is 11.8. The van der Waals surface area contributed by atoms with Crippen molar-refractivity contribution in [3.63, 3.8) is 0 Å². The van der Waals surface area contributed by atoms with Crippen LogP contribution in [-0.2, 0) is 0 Å². The number of hydrogen-bond acceptors (Lipinski definition) is 3. The third-order valence-electron chi connectivity index (χ3n) is 2.85. The van der Waals surface area contributed by atoms with Gasteiger partial charge in [-0.25, -0.2) is 8.78 Å². The van der Waals surface area contributed by atoms with Gasteiger partial charge in [0.1, 0.15) is 24.8 Å². The van der Waals surface area contributed by atoms with Crippen LogP contribution in [0.1, 0.15) is 34.6 Å². The van der Waals surface area contributed by atoms with E-state index in [1.807, 2.05) is 13.8 Å². The Morgan fingerprint density at radius 2 is 1.50 bits per heavy atom. The van der Waals surface area contributed by atoms with E-state index in [0.29, 0.717) is 5.75 Å². The topological polar surface area (TPSA) is 43.4 Å². The molecule has 3 nitrogen and oxygen atoms in total. The molecule has 2 rings (SSSR count). The van der Waals surface area contributed by atoms with Gasteiger partial charge in [-0.05, 0) is 58.4 Å². The van der Waals surface area contributed by atoms with Gasteiger partial charge >= 0.3 is 0 Å². The number of ether oxygens (including phenoxy) is 1. The highest BCUT2D eigenvalue weighted by atomic mass is 79.9. The lowest BCUT2D eigenvalue weighted by molar-refractivity contribution is 0.0817. The predicted octanol–water partition coefficient (Wildman–Crippen LogP) is 5.83. The zero-order valence-corrected chi connectivity index (χ0v) is 16.3. The summed E-state index contributed by atoms with van der Waals surface area (Å²) in [5.41, 5.74) is 0.272. The van der Waals surface area contributed by atoms with E-state index in [4.69, 9.17) is 4.74 Å². The summed E-state index contributed by atoms with van der Waals surface area (Å²) in [6, 6.07) is 9.43. The molecule has 0 unspecified atom stereocenters. The van der Waals surface area contributed by atoms with Crippen molar-refractivity contribution in [2.75, 3.05) is 13.3 Å². The molecule has 0 aliphatic carbocycles. The Morgan fingerprint density at radius 3 is 2.00 bits per heavy atom. The molecule has 0 aliphatic heterocycles. The van der Waals surface area contributed by atoms with Gasteiger partial charge in [0.25, 0.3) is 0 Å². The molecule has 26 heavy (non-hydrogen) atoms. The molecule has 2 aromatic rings. The van der Waals surface area contributed by atoms with Gasteiger partial charge in [-0.1, -0.05) is 13.8 Å². The van der Waals surface area contributed by atoms with Crippen molar-refractivity contribution >= 4 is 27.5 Å². The summed E-state index contributed by atoms with van der Waals surface area (Å²) in [5, 5.41) is 0. The van der Waals surface area contributed by atoms with Gasteiger partial charge in [-0.2, -0.15) is 0 Å². The quantitative estimate of drug-likeness (QED) is 0.331. The van der Waals surface area contributed by atoms with Gasteiger partial charge in [-0.15, -0.1) is 13.2 Å². The van der Waals surface area contributed by atoms with Crippen LogP contribution in [0, 0.1) is 5.82 Å². The standard InChI is InChI=1S/C16H11BrF2O3.C2H6.C2H4/c17-13-9-11(3-6-14(13)19)16(21)15(20)10-1-4-12(5-2-10)22-8-7-18;2*1-2/h1-6,9H,7-8H2;1-2H3;1-2H2. The fraction of sp³-hybridized carbons (Fsp3) is 0.200. The van der Waals surface area contributed by atoms with Crippen molar-refractivity contribution in [3.05, 3.63) is 77.0 Å². The normalized spacial score (nSPS) is 9.12. The maximum absolute atomic E-state index is 13.1. The molecule has 6 heteroatoms. The Labute approximate surface area is 160 Å². The molecule has 0 N–H and O–H groups in total. The number of benzene rings is 2. The van der Waals surface area contributed by atoms with Gasteiger partial charge < -0.3 is 4.74 Å². The third kappa shape index (κ3) is 6.88. The van der Waals surface area contributed by atoms with E-state index in [9.17, 15) is 18.4 Å². The van der Waals surface area contributed by atoms with Crippen LogP contribution in [-0.4, -0.2) is 24.8 Å². The van der Waals surface area contributed by atoms with Crippen LogP contribution < -0.4 is 4.74 Å². The van der Waals surface area contributed by atoms with Gasteiger partial charge in [0.2, 0.25) is 11.6 Å². The Hall–Kier alpha value is -2.34. The molecule has 0 heterocycles. The minimum absolute atomic E-state index is 0.0736. The van der Waals surface area contributed by atoms with E-state index < -0.39 is 24.1 Å². The monoisotopic (exact) mass is 426 g/mol. The van der Waals surface area contributed by atoms with E-state index in [2.05, 4.69) is 29.1 Å². The molecular weight excluding hydrogens is 406 g/mol. The SMILES string of the molecule is C=C.CC.O=C(C(=O)c1ccc(F)c(Br)c1)c1ccc(OCCF)cc1. The lowest BCUT2D eigenvalue weighted by Gasteiger charge is -2.05. The number of ketones is 2. The number of alkyl halides is 1. The molecular formula is C20H21BrF2O3. The Morgan fingerprint density at radius 1 is 1.00 bits per heavy atom. The lowest BCUT2D eigenvalue weighted by atomic mass is 10.0. The van der Waals surface area contributed by atoms with Crippen molar-refractivity contribution in [2.45, 2.75) is 13.8 Å². The fourth-order valence-corrected chi connectivity index (χ4v) is 2.14. The van der Waals surface area contributed by atoms with Crippen molar-refractivity contribution in [1.29, 1.82) is 0 Å². The molecule has 0 radical (unpaired) electrons. The molecule has 0 saturated heterocycles. The summed E-state index contributed by atoms with van der Waals surface area (Å²) >= 11 is 2.97. The summed E-state index contributed by atoms with van der Waals surface area (Å²) < 4.78 is 30.3.